The van der Waals surface area contributed by atoms with Gasteiger partial charge in [0.15, 0.2) is 0 Å². The van der Waals surface area contributed by atoms with Gasteiger partial charge in [-0.2, -0.15) is 0 Å². The first kappa shape index (κ1) is 10.3. The fourth-order valence-electron chi connectivity index (χ4n) is 0.876. The van der Waals surface area contributed by atoms with Crippen LogP contribution in [0.4, 0.5) is 0 Å². The van der Waals surface area contributed by atoms with Crippen molar-refractivity contribution in [1.82, 2.24) is 0 Å². The first-order valence-corrected chi connectivity index (χ1v) is 4.55. The second-order valence-electron chi connectivity index (χ2n) is 2.48. The SMILES string of the molecule is O=CC/C=C/c1ccc(Cl)c(Cl)c1. The van der Waals surface area contributed by atoms with Gasteiger partial charge in [-0.3, -0.25) is 0 Å². The summed E-state index contributed by atoms with van der Waals surface area (Å²) in [4.78, 5) is 10.0. The van der Waals surface area contributed by atoms with Gasteiger partial charge in [0.05, 0.1) is 10.0 Å². The third kappa shape index (κ3) is 3.21. The topological polar surface area (TPSA) is 17.1 Å². The molecule has 0 bridgehead atoms. The van der Waals surface area contributed by atoms with Gasteiger partial charge < -0.3 is 4.79 Å². The van der Waals surface area contributed by atoms with Gasteiger partial charge in [0.2, 0.25) is 0 Å². The molecular formula is C10H8Cl2O. The maximum absolute atomic E-state index is 10.0. The fourth-order valence-corrected chi connectivity index (χ4v) is 1.18. The van der Waals surface area contributed by atoms with Crippen molar-refractivity contribution in [3.63, 3.8) is 0 Å². The highest BCUT2D eigenvalue weighted by molar-refractivity contribution is 6.42. The van der Waals surface area contributed by atoms with Crippen LogP contribution < -0.4 is 0 Å². The lowest BCUT2D eigenvalue weighted by Gasteiger charge is -1.96. The van der Waals surface area contributed by atoms with Gasteiger partial charge in [0.1, 0.15) is 6.29 Å². The van der Waals surface area contributed by atoms with Gasteiger partial charge in [-0.15, -0.1) is 0 Å². The van der Waals surface area contributed by atoms with Crippen molar-refractivity contribution < 1.29 is 4.79 Å². The molecule has 0 N–H and O–H groups in total. The van der Waals surface area contributed by atoms with Crippen molar-refractivity contribution in [2.45, 2.75) is 6.42 Å². The molecule has 0 aliphatic heterocycles. The molecule has 0 heterocycles. The van der Waals surface area contributed by atoms with Crippen LogP contribution in [-0.2, 0) is 4.79 Å². The predicted octanol–water partition coefficient (Wildman–Crippen LogP) is 3.60. The minimum Gasteiger partial charge on any atom is -0.303 e. The Morgan fingerprint density at radius 2 is 2.00 bits per heavy atom. The lowest BCUT2D eigenvalue weighted by molar-refractivity contribution is -0.107. The highest BCUT2D eigenvalue weighted by Crippen LogP contribution is 2.23. The highest BCUT2D eigenvalue weighted by atomic mass is 35.5. The standard InChI is InChI=1S/C10H8Cl2O/c11-9-5-4-8(7-10(9)12)3-1-2-6-13/h1,3-7H,2H2/b3-1+. The Labute approximate surface area is 87.0 Å². The third-order valence-corrected chi connectivity index (χ3v) is 2.23. The van der Waals surface area contributed by atoms with E-state index in [9.17, 15) is 4.79 Å². The molecule has 13 heavy (non-hydrogen) atoms. The van der Waals surface area contributed by atoms with E-state index in [0.717, 1.165) is 11.8 Å². The molecule has 1 aromatic rings. The van der Waals surface area contributed by atoms with Crippen molar-refractivity contribution in [2.75, 3.05) is 0 Å². The Kier molecular flexibility index (Phi) is 4.00. The van der Waals surface area contributed by atoms with Crippen molar-refractivity contribution in [2.24, 2.45) is 0 Å². The quantitative estimate of drug-likeness (QED) is 0.704. The number of allylic oxidation sites excluding steroid dienone is 1. The van der Waals surface area contributed by atoms with E-state index in [4.69, 9.17) is 23.2 Å². The second-order valence-corrected chi connectivity index (χ2v) is 3.29. The molecule has 0 aromatic heterocycles. The number of rotatable bonds is 3. The van der Waals surface area contributed by atoms with Crippen LogP contribution in [0.5, 0.6) is 0 Å². The first-order chi connectivity index (χ1) is 6.24. The molecule has 1 aromatic carbocycles. The molecule has 0 unspecified atom stereocenters. The molecule has 0 spiro atoms. The van der Waals surface area contributed by atoms with Crippen LogP contribution in [-0.4, -0.2) is 6.29 Å². The molecule has 0 saturated carbocycles. The van der Waals surface area contributed by atoms with Crippen LogP contribution in [0.15, 0.2) is 24.3 Å². The van der Waals surface area contributed by atoms with Crippen LogP contribution in [0, 0.1) is 0 Å². The smallest absolute Gasteiger partial charge is 0.123 e. The molecule has 1 rings (SSSR count). The third-order valence-electron chi connectivity index (χ3n) is 1.49. The minimum absolute atomic E-state index is 0.417. The Morgan fingerprint density at radius 1 is 1.23 bits per heavy atom. The summed E-state index contributed by atoms with van der Waals surface area (Å²) < 4.78 is 0. The summed E-state index contributed by atoms with van der Waals surface area (Å²) >= 11 is 11.5. The van der Waals surface area contributed by atoms with Gasteiger partial charge in [-0.1, -0.05) is 41.4 Å². The predicted molar refractivity (Wildman–Crippen MR) is 56.2 cm³/mol. The zero-order valence-electron chi connectivity index (χ0n) is 6.84. The number of carbonyl (C=O) groups excluding carboxylic acids is 1. The maximum atomic E-state index is 10.0. The van der Waals surface area contributed by atoms with Crippen LogP contribution in [0.3, 0.4) is 0 Å². The van der Waals surface area contributed by atoms with E-state index in [-0.39, 0.29) is 0 Å². The van der Waals surface area contributed by atoms with Crippen LogP contribution >= 0.6 is 23.2 Å². The molecule has 68 valence electrons. The van der Waals surface area contributed by atoms with E-state index in [0.29, 0.717) is 16.5 Å². The van der Waals surface area contributed by atoms with Gasteiger partial charge in [-0.05, 0) is 17.7 Å². The van der Waals surface area contributed by atoms with Crippen molar-refractivity contribution >= 4 is 35.6 Å². The largest absolute Gasteiger partial charge is 0.303 e. The number of benzene rings is 1. The van der Waals surface area contributed by atoms with E-state index in [1.807, 2.05) is 12.1 Å². The summed E-state index contributed by atoms with van der Waals surface area (Å²) in [6, 6.07) is 5.32. The molecule has 0 radical (unpaired) electrons. The van der Waals surface area contributed by atoms with Crippen LogP contribution in [0.2, 0.25) is 10.0 Å². The summed E-state index contributed by atoms with van der Waals surface area (Å²) in [5.74, 6) is 0. The molecule has 0 saturated heterocycles. The molecule has 0 fully saturated rings. The monoisotopic (exact) mass is 214 g/mol. The van der Waals surface area contributed by atoms with E-state index in [2.05, 4.69) is 0 Å². The Hall–Kier alpha value is -0.790. The van der Waals surface area contributed by atoms with E-state index >= 15 is 0 Å². The van der Waals surface area contributed by atoms with Crippen molar-refractivity contribution in [3.8, 4) is 0 Å². The van der Waals surface area contributed by atoms with Gasteiger partial charge in [0.25, 0.3) is 0 Å². The summed E-state index contributed by atoms with van der Waals surface area (Å²) in [6.07, 6.45) is 4.86. The normalized spacial score (nSPS) is 10.6. The highest BCUT2D eigenvalue weighted by Gasteiger charge is 1.95. The molecule has 0 amide bonds. The summed E-state index contributed by atoms with van der Waals surface area (Å²) in [6.45, 7) is 0. The van der Waals surface area contributed by atoms with E-state index in [1.54, 1.807) is 18.2 Å². The summed E-state index contributed by atoms with van der Waals surface area (Å²) in [5.41, 5.74) is 0.941. The summed E-state index contributed by atoms with van der Waals surface area (Å²) in [5, 5.41) is 1.06. The van der Waals surface area contributed by atoms with Crippen LogP contribution in [0.1, 0.15) is 12.0 Å². The van der Waals surface area contributed by atoms with Gasteiger partial charge in [-0.25, -0.2) is 0 Å². The average molecular weight is 215 g/mol. The lowest BCUT2D eigenvalue weighted by atomic mass is 10.2. The van der Waals surface area contributed by atoms with E-state index in [1.165, 1.54) is 0 Å². The fraction of sp³-hybridized carbons (Fsp3) is 0.100. The number of carbonyl (C=O) groups is 1. The zero-order valence-corrected chi connectivity index (χ0v) is 8.35. The molecule has 1 nitrogen and oxygen atoms in total. The molecule has 0 aliphatic rings. The van der Waals surface area contributed by atoms with Gasteiger partial charge in [0, 0.05) is 6.42 Å². The second kappa shape index (κ2) is 5.05. The zero-order chi connectivity index (χ0) is 9.68. The van der Waals surface area contributed by atoms with Crippen molar-refractivity contribution in [3.05, 3.63) is 39.9 Å². The maximum Gasteiger partial charge on any atom is 0.123 e. The van der Waals surface area contributed by atoms with E-state index < -0.39 is 0 Å². The molecule has 3 heteroatoms. The van der Waals surface area contributed by atoms with Gasteiger partial charge >= 0.3 is 0 Å². The average Bonchev–Trinajstić information content (AvgIpc) is 2.12. The molecular weight excluding hydrogens is 207 g/mol. The Bertz CT molecular complexity index is 332. The number of hydrogen-bond donors (Lipinski definition) is 0. The van der Waals surface area contributed by atoms with Crippen molar-refractivity contribution in [1.29, 1.82) is 0 Å². The molecule has 0 atom stereocenters. The number of halogens is 2. The van der Waals surface area contributed by atoms with Crippen LogP contribution in [0.25, 0.3) is 6.08 Å². The lowest BCUT2D eigenvalue weighted by Crippen LogP contribution is -1.74. The number of hydrogen-bond acceptors (Lipinski definition) is 1. The first-order valence-electron chi connectivity index (χ1n) is 3.79. The minimum atomic E-state index is 0.417. The Balaban J connectivity index is 2.79. The number of aldehydes is 1. The Morgan fingerprint density at radius 3 is 2.62 bits per heavy atom. The molecule has 0 aliphatic carbocycles. The summed E-state index contributed by atoms with van der Waals surface area (Å²) in [7, 11) is 0.